The fourth-order valence-corrected chi connectivity index (χ4v) is 3.34. The second-order valence-corrected chi connectivity index (χ2v) is 6.97. The van der Waals surface area contributed by atoms with Gasteiger partial charge >= 0.3 is 0 Å². The van der Waals surface area contributed by atoms with Crippen LogP contribution in [0.2, 0.25) is 0 Å². The van der Waals surface area contributed by atoms with Crippen molar-refractivity contribution in [2.24, 2.45) is 5.92 Å². The summed E-state index contributed by atoms with van der Waals surface area (Å²) >= 11 is 0. The van der Waals surface area contributed by atoms with E-state index in [-0.39, 0.29) is 17.7 Å². The van der Waals surface area contributed by atoms with Crippen LogP contribution in [0.15, 0.2) is 40.9 Å². The fourth-order valence-electron chi connectivity index (χ4n) is 3.34. The summed E-state index contributed by atoms with van der Waals surface area (Å²) in [5.41, 5.74) is 1.51. The van der Waals surface area contributed by atoms with E-state index in [1.54, 1.807) is 11.0 Å². The molecule has 1 aromatic heterocycles. The standard InChI is InChI=1S/C20H26N4O3/c1-3-21-19(25)16-9-10-24(13-16)20(26)18-11-17(27-22-18)14-23(2)12-15-7-5-4-6-8-15/h4-8,11,16H,3,9-10,12-14H2,1-2H3,(H,21,25)/t16-/m0/s1. The molecular weight excluding hydrogens is 344 g/mol. The summed E-state index contributed by atoms with van der Waals surface area (Å²) in [6.45, 7) is 4.84. The van der Waals surface area contributed by atoms with Crippen LogP contribution < -0.4 is 5.32 Å². The number of aromatic nitrogens is 1. The number of carbonyl (C=O) groups is 2. The molecule has 0 radical (unpaired) electrons. The molecule has 1 saturated heterocycles. The molecule has 2 aromatic rings. The van der Waals surface area contributed by atoms with Gasteiger partial charge in [0.25, 0.3) is 5.91 Å². The van der Waals surface area contributed by atoms with Gasteiger partial charge in [-0.05, 0) is 26.0 Å². The molecule has 1 fully saturated rings. The van der Waals surface area contributed by atoms with Crippen LogP contribution >= 0.6 is 0 Å². The number of hydrogen-bond acceptors (Lipinski definition) is 5. The highest BCUT2D eigenvalue weighted by Gasteiger charge is 2.32. The molecule has 7 nitrogen and oxygen atoms in total. The Hall–Kier alpha value is -2.67. The zero-order chi connectivity index (χ0) is 19.2. The Morgan fingerprint density at radius 2 is 2.07 bits per heavy atom. The van der Waals surface area contributed by atoms with Gasteiger partial charge in [-0.15, -0.1) is 0 Å². The molecule has 1 aliphatic heterocycles. The average molecular weight is 370 g/mol. The van der Waals surface area contributed by atoms with Crippen LogP contribution in [0.4, 0.5) is 0 Å². The minimum Gasteiger partial charge on any atom is -0.359 e. The monoisotopic (exact) mass is 370 g/mol. The maximum absolute atomic E-state index is 12.6. The minimum absolute atomic E-state index is 0.0104. The molecule has 0 aliphatic carbocycles. The molecule has 1 atom stereocenters. The third kappa shape index (κ3) is 4.95. The molecule has 144 valence electrons. The molecule has 0 saturated carbocycles. The van der Waals surface area contributed by atoms with E-state index in [9.17, 15) is 9.59 Å². The Bertz CT molecular complexity index is 775. The molecule has 7 heteroatoms. The van der Waals surface area contributed by atoms with Crippen molar-refractivity contribution in [3.8, 4) is 0 Å². The third-order valence-corrected chi connectivity index (χ3v) is 4.70. The van der Waals surface area contributed by atoms with Crippen LogP contribution in [0.25, 0.3) is 0 Å². The number of rotatable bonds is 7. The van der Waals surface area contributed by atoms with Gasteiger partial charge in [0.1, 0.15) is 0 Å². The second-order valence-electron chi connectivity index (χ2n) is 6.97. The molecule has 1 N–H and O–H groups in total. The molecule has 2 amide bonds. The van der Waals surface area contributed by atoms with E-state index in [4.69, 9.17) is 4.52 Å². The average Bonchev–Trinajstić information content (AvgIpc) is 3.32. The van der Waals surface area contributed by atoms with E-state index in [2.05, 4.69) is 27.5 Å². The van der Waals surface area contributed by atoms with E-state index in [1.165, 1.54) is 5.56 Å². The van der Waals surface area contributed by atoms with Crippen molar-refractivity contribution in [1.82, 2.24) is 20.3 Å². The van der Waals surface area contributed by atoms with Gasteiger partial charge in [0.15, 0.2) is 11.5 Å². The summed E-state index contributed by atoms with van der Waals surface area (Å²) in [5.74, 6) is 0.340. The summed E-state index contributed by atoms with van der Waals surface area (Å²) in [5, 5.41) is 6.75. The molecule has 3 rings (SSSR count). The largest absolute Gasteiger partial charge is 0.359 e. The lowest BCUT2D eigenvalue weighted by Gasteiger charge is -2.15. The lowest BCUT2D eigenvalue weighted by molar-refractivity contribution is -0.124. The van der Waals surface area contributed by atoms with Crippen molar-refractivity contribution < 1.29 is 14.1 Å². The van der Waals surface area contributed by atoms with Crippen molar-refractivity contribution in [2.45, 2.75) is 26.4 Å². The first-order chi connectivity index (χ1) is 13.1. The van der Waals surface area contributed by atoms with Gasteiger partial charge < -0.3 is 14.7 Å². The second kappa shape index (κ2) is 8.81. The summed E-state index contributed by atoms with van der Waals surface area (Å²) in [6, 6.07) is 11.9. The van der Waals surface area contributed by atoms with Crippen molar-refractivity contribution in [2.75, 3.05) is 26.7 Å². The fraction of sp³-hybridized carbons (Fsp3) is 0.450. The first kappa shape index (κ1) is 19.1. The zero-order valence-electron chi connectivity index (χ0n) is 15.9. The topological polar surface area (TPSA) is 78.7 Å². The number of carbonyl (C=O) groups excluding carboxylic acids is 2. The summed E-state index contributed by atoms with van der Waals surface area (Å²) < 4.78 is 5.35. The zero-order valence-corrected chi connectivity index (χ0v) is 15.9. The molecule has 0 spiro atoms. The summed E-state index contributed by atoms with van der Waals surface area (Å²) in [4.78, 5) is 28.3. The molecule has 1 aromatic carbocycles. The van der Waals surface area contributed by atoms with Crippen molar-refractivity contribution in [1.29, 1.82) is 0 Å². The maximum Gasteiger partial charge on any atom is 0.276 e. The van der Waals surface area contributed by atoms with Crippen LogP contribution in [-0.2, 0) is 17.9 Å². The van der Waals surface area contributed by atoms with Gasteiger partial charge in [-0.3, -0.25) is 14.5 Å². The molecule has 0 unspecified atom stereocenters. The predicted octanol–water partition coefficient (Wildman–Crippen LogP) is 1.90. The molecule has 1 aliphatic rings. The summed E-state index contributed by atoms with van der Waals surface area (Å²) in [7, 11) is 1.99. The number of hydrogen-bond donors (Lipinski definition) is 1. The highest BCUT2D eigenvalue weighted by atomic mass is 16.5. The Morgan fingerprint density at radius 3 is 2.81 bits per heavy atom. The molecule has 0 bridgehead atoms. The molecular formula is C20H26N4O3. The van der Waals surface area contributed by atoms with Gasteiger partial charge in [0.05, 0.1) is 12.5 Å². The summed E-state index contributed by atoms with van der Waals surface area (Å²) in [6.07, 6.45) is 0.683. The number of nitrogens with one attached hydrogen (secondary N) is 1. The normalized spacial score (nSPS) is 16.7. The predicted molar refractivity (Wildman–Crippen MR) is 101 cm³/mol. The smallest absolute Gasteiger partial charge is 0.276 e. The van der Waals surface area contributed by atoms with Gasteiger partial charge in [-0.2, -0.15) is 0 Å². The first-order valence-corrected chi connectivity index (χ1v) is 9.32. The lowest BCUT2D eigenvalue weighted by atomic mass is 10.1. The Kier molecular flexibility index (Phi) is 6.24. The quantitative estimate of drug-likeness (QED) is 0.805. The molecule has 27 heavy (non-hydrogen) atoms. The minimum atomic E-state index is -0.178. The molecule has 2 heterocycles. The van der Waals surface area contributed by atoms with E-state index < -0.39 is 0 Å². The number of amides is 2. The van der Waals surface area contributed by atoms with Crippen LogP contribution in [-0.4, -0.2) is 53.5 Å². The highest BCUT2D eigenvalue weighted by Crippen LogP contribution is 2.19. The van der Waals surface area contributed by atoms with Gasteiger partial charge in [-0.25, -0.2) is 0 Å². The Balaban J connectivity index is 1.54. The first-order valence-electron chi connectivity index (χ1n) is 9.32. The van der Waals surface area contributed by atoms with E-state index in [0.717, 1.165) is 6.54 Å². The van der Waals surface area contributed by atoms with E-state index in [1.807, 2.05) is 32.2 Å². The lowest BCUT2D eigenvalue weighted by Crippen LogP contribution is -2.34. The number of nitrogens with zero attached hydrogens (tertiary/aromatic N) is 3. The third-order valence-electron chi connectivity index (χ3n) is 4.70. The van der Waals surface area contributed by atoms with E-state index in [0.29, 0.717) is 44.1 Å². The van der Waals surface area contributed by atoms with Gasteiger partial charge in [0.2, 0.25) is 5.91 Å². The van der Waals surface area contributed by atoms with Crippen LogP contribution in [0.5, 0.6) is 0 Å². The number of likely N-dealkylation sites (tertiary alicyclic amines) is 1. The SMILES string of the molecule is CCNC(=O)[C@H]1CCN(C(=O)c2cc(CN(C)Cc3ccccc3)on2)C1. The van der Waals surface area contributed by atoms with Crippen LogP contribution in [0.3, 0.4) is 0 Å². The van der Waals surface area contributed by atoms with E-state index >= 15 is 0 Å². The Labute approximate surface area is 159 Å². The Morgan fingerprint density at radius 1 is 1.30 bits per heavy atom. The number of benzene rings is 1. The van der Waals surface area contributed by atoms with Crippen molar-refractivity contribution in [3.05, 3.63) is 53.4 Å². The van der Waals surface area contributed by atoms with Crippen LogP contribution in [0.1, 0.15) is 35.2 Å². The van der Waals surface area contributed by atoms with Crippen molar-refractivity contribution in [3.63, 3.8) is 0 Å². The van der Waals surface area contributed by atoms with Crippen molar-refractivity contribution >= 4 is 11.8 Å². The highest BCUT2D eigenvalue weighted by molar-refractivity contribution is 5.93. The van der Waals surface area contributed by atoms with Gasteiger partial charge in [-0.1, -0.05) is 35.5 Å². The van der Waals surface area contributed by atoms with Gasteiger partial charge in [0, 0.05) is 32.2 Å². The van der Waals surface area contributed by atoms with Crippen LogP contribution in [0, 0.1) is 5.92 Å². The maximum atomic E-state index is 12.6.